The molecule has 230 valence electrons. The molecule has 1 N–H and O–H groups in total. The molecule has 0 spiro atoms. The topological polar surface area (TPSA) is 47.6 Å². The first kappa shape index (κ1) is 31.2. The summed E-state index contributed by atoms with van der Waals surface area (Å²) in [6.45, 7) is 10.5. The molecule has 6 heteroatoms. The van der Waals surface area contributed by atoms with E-state index in [-0.39, 0.29) is 11.5 Å². The molecule has 6 rings (SSSR count). The SMILES string of the molecule is COc1ccc([C@H](N[S@@](=O)C(C)(C)C)c2cccc3c2Oc2c(P(c4ccccc4)c4ccccc4)cccc2C3(C)C)cc1. The molecule has 0 fully saturated rings. The quantitative estimate of drug-likeness (QED) is 0.176. The highest BCUT2D eigenvalue weighted by Crippen LogP contribution is 2.52. The van der Waals surface area contributed by atoms with Gasteiger partial charge in [-0.15, -0.1) is 0 Å². The number of nitrogens with one attached hydrogen (secondary N) is 1. The third-order valence-corrected chi connectivity index (χ3v) is 12.4. The minimum absolute atomic E-state index is 0.336. The van der Waals surface area contributed by atoms with Gasteiger partial charge in [0.1, 0.15) is 17.2 Å². The molecule has 0 amide bonds. The summed E-state index contributed by atoms with van der Waals surface area (Å²) in [7, 11) is -0.570. The molecule has 5 aromatic carbocycles. The molecule has 45 heavy (non-hydrogen) atoms. The van der Waals surface area contributed by atoms with E-state index in [4.69, 9.17) is 9.47 Å². The summed E-state index contributed by atoms with van der Waals surface area (Å²) in [5.74, 6) is 2.50. The maximum Gasteiger partial charge on any atom is 0.139 e. The minimum atomic E-state index is -1.34. The maximum atomic E-state index is 13.6. The average molecular weight is 634 g/mol. The monoisotopic (exact) mass is 633 g/mol. The van der Waals surface area contributed by atoms with Crippen molar-refractivity contribution >= 4 is 34.8 Å². The third kappa shape index (κ3) is 6.10. The second kappa shape index (κ2) is 12.6. The first-order valence-corrected chi connectivity index (χ1v) is 17.8. The molecule has 0 saturated carbocycles. The van der Waals surface area contributed by atoms with Gasteiger partial charge in [0.05, 0.1) is 28.9 Å². The molecule has 4 nitrogen and oxygen atoms in total. The van der Waals surface area contributed by atoms with Gasteiger partial charge < -0.3 is 9.47 Å². The van der Waals surface area contributed by atoms with Crippen molar-refractivity contribution in [3.63, 3.8) is 0 Å². The lowest BCUT2D eigenvalue weighted by Gasteiger charge is -2.38. The second-order valence-electron chi connectivity index (χ2n) is 12.8. The van der Waals surface area contributed by atoms with Crippen LogP contribution in [0, 0.1) is 0 Å². The van der Waals surface area contributed by atoms with Gasteiger partial charge in [0.2, 0.25) is 0 Å². The van der Waals surface area contributed by atoms with E-state index in [9.17, 15) is 4.21 Å². The highest BCUT2D eigenvalue weighted by Gasteiger charge is 2.39. The summed E-state index contributed by atoms with van der Waals surface area (Å²) >= 11 is 0. The van der Waals surface area contributed by atoms with Crippen molar-refractivity contribution in [2.24, 2.45) is 0 Å². The molecule has 0 saturated heterocycles. The number of ether oxygens (including phenoxy) is 2. The van der Waals surface area contributed by atoms with Crippen LogP contribution in [0.25, 0.3) is 0 Å². The van der Waals surface area contributed by atoms with Crippen molar-refractivity contribution in [1.82, 2.24) is 4.72 Å². The third-order valence-electron chi connectivity index (χ3n) is 8.40. The molecular weight excluding hydrogens is 593 g/mol. The van der Waals surface area contributed by atoms with E-state index in [0.29, 0.717) is 0 Å². The first-order chi connectivity index (χ1) is 21.6. The standard InChI is InChI=1S/C39H40NO3PS/c1-38(2,3)45(41)40-35(27-23-25-28(42-6)26-24-27)31-19-13-20-32-36(31)43-37-33(39(32,4)5)21-14-22-34(37)44(29-15-9-7-10-16-29)30-17-11-8-12-18-30/h7-26,35,40H,1-6H3/t35-,45-/m0/s1. The fourth-order valence-corrected chi connectivity index (χ4v) is 9.14. The molecule has 2 atom stereocenters. The summed E-state index contributed by atoms with van der Waals surface area (Å²) in [5.41, 5.74) is 3.87. The Hall–Kier alpha value is -3.76. The largest absolute Gasteiger partial charge is 0.497 e. The van der Waals surface area contributed by atoms with Crippen LogP contribution in [0.15, 0.2) is 121 Å². The predicted molar refractivity (Wildman–Crippen MR) is 190 cm³/mol. The van der Waals surface area contributed by atoms with Crippen molar-refractivity contribution in [3.8, 4) is 17.2 Å². The minimum Gasteiger partial charge on any atom is -0.497 e. The molecule has 0 unspecified atom stereocenters. The van der Waals surface area contributed by atoms with E-state index in [2.05, 4.69) is 116 Å². The van der Waals surface area contributed by atoms with E-state index in [1.54, 1.807) is 7.11 Å². The van der Waals surface area contributed by atoms with E-state index in [1.807, 2.05) is 45.0 Å². The Kier molecular flexibility index (Phi) is 8.72. The van der Waals surface area contributed by atoms with Crippen molar-refractivity contribution in [2.75, 3.05) is 7.11 Å². The molecule has 0 radical (unpaired) electrons. The zero-order valence-electron chi connectivity index (χ0n) is 26.7. The molecule has 0 aliphatic carbocycles. The van der Waals surface area contributed by atoms with Crippen LogP contribution in [0.4, 0.5) is 0 Å². The van der Waals surface area contributed by atoms with Crippen molar-refractivity contribution < 1.29 is 13.7 Å². The van der Waals surface area contributed by atoms with Gasteiger partial charge in [-0.25, -0.2) is 8.93 Å². The van der Waals surface area contributed by atoms with E-state index < -0.39 is 23.7 Å². The van der Waals surface area contributed by atoms with Crippen LogP contribution in [-0.4, -0.2) is 16.1 Å². The van der Waals surface area contributed by atoms with Crippen LogP contribution < -0.4 is 30.1 Å². The van der Waals surface area contributed by atoms with Gasteiger partial charge in [-0.05, 0) is 57.0 Å². The zero-order valence-corrected chi connectivity index (χ0v) is 28.4. The lowest BCUT2D eigenvalue weighted by atomic mass is 9.74. The zero-order chi connectivity index (χ0) is 31.8. The molecule has 1 aliphatic rings. The van der Waals surface area contributed by atoms with E-state index in [1.165, 1.54) is 15.9 Å². The van der Waals surface area contributed by atoms with Gasteiger partial charge in [-0.3, -0.25) is 0 Å². The van der Waals surface area contributed by atoms with Crippen LogP contribution in [0.3, 0.4) is 0 Å². The lowest BCUT2D eigenvalue weighted by Crippen LogP contribution is -2.37. The lowest BCUT2D eigenvalue weighted by molar-refractivity contribution is 0.412. The smallest absolute Gasteiger partial charge is 0.139 e. The number of benzene rings is 5. The van der Waals surface area contributed by atoms with Crippen molar-refractivity contribution in [2.45, 2.75) is 50.8 Å². The number of rotatable bonds is 8. The van der Waals surface area contributed by atoms with Gasteiger partial charge in [0, 0.05) is 27.4 Å². The number of hydrogen-bond donors (Lipinski definition) is 1. The second-order valence-corrected chi connectivity index (χ2v) is 17.0. The van der Waals surface area contributed by atoms with Crippen LogP contribution in [0.1, 0.15) is 62.9 Å². The Morgan fingerprint density at radius 3 is 1.84 bits per heavy atom. The van der Waals surface area contributed by atoms with Crippen LogP contribution in [0.5, 0.6) is 17.2 Å². The molecule has 1 heterocycles. The molecular formula is C39H40NO3PS. The van der Waals surface area contributed by atoms with Gasteiger partial charge >= 0.3 is 0 Å². The summed E-state index contributed by atoms with van der Waals surface area (Å²) in [4.78, 5) is 0. The molecule has 0 aromatic heterocycles. The fraction of sp³-hybridized carbons (Fsp3) is 0.231. The number of para-hydroxylation sites is 2. The Morgan fingerprint density at radius 2 is 1.29 bits per heavy atom. The Labute approximate surface area is 271 Å². The highest BCUT2D eigenvalue weighted by atomic mass is 32.2. The maximum absolute atomic E-state index is 13.6. The van der Waals surface area contributed by atoms with Crippen molar-refractivity contribution in [3.05, 3.63) is 144 Å². The summed E-state index contributed by atoms with van der Waals surface area (Å²) < 4.78 is 29.3. The van der Waals surface area contributed by atoms with Gasteiger partial charge in [-0.1, -0.05) is 123 Å². The van der Waals surface area contributed by atoms with Crippen molar-refractivity contribution in [1.29, 1.82) is 0 Å². The Bertz CT molecular complexity index is 1780. The van der Waals surface area contributed by atoms with Crippen LogP contribution in [0.2, 0.25) is 0 Å². The predicted octanol–water partition coefficient (Wildman–Crippen LogP) is 8.03. The van der Waals surface area contributed by atoms with Gasteiger partial charge in [-0.2, -0.15) is 0 Å². The first-order valence-electron chi connectivity index (χ1n) is 15.3. The summed E-state index contributed by atoms with van der Waals surface area (Å²) in [5, 5.41) is 3.72. The number of hydrogen-bond acceptors (Lipinski definition) is 3. The summed E-state index contributed by atoms with van der Waals surface area (Å²) in [6, 6.07) is 42.0. The highest BCUT2D eigenvalue weighted by molar-refractivity contribution is 7.84. The number of methoxy groups -OCH3 is 1. The molecule has 0 bridgehead atoms. The Balaban J connectivity index is 1.54. The normalized spacial score (nSPS) is 15.0. The molecule has 5 aromatic rings. The molecule has 1 aliphatic heterocycles. The Morgan fingerprint density at radius 1 is 0.733 bits per heavy atom. The van der Waals surface area contributed by atoms with Crippen LogP contribution in [-0.2, 0) is 16.4 Å². The number of fused-ring (bicyclic) bond motifs is 2. The van der Waals surface area contributed by atoms with Gasteiger partial charge in [0.25, 0.3) is 0 Å². The van der Waals surface area contributed by atoms with Gasteiger partial charge in [0.15, 0.2) is 0 Å². The van der Waals surface area contributed by atoms with E-state index in [0.717, 1.165) is 39.5 Å². The van der Waals surface area contributed by atoms with E-state index >= 15 is 0 Å². The van der Waals surface area contributed by atoms with Crippen LogP contribution >= 0.6 is 7.92 Å². The average Bonchev–Trinajstić information content (AvgIpc) is 3.04. The fourth-order valence-electron chi connectivity index (χ4n) is 5.91. The summed E-state index contributed by atoms with van der Waals surface area (Å²) in [6.07, 6.45) is 0.